The molecule has 26 heavy (non-hydrogen) atoms. The van der Waals surface area contributed by atoms with Crippen LogP contribution in [0.25, 0.3) is 0 Å². The van der Waals surface area contributed by atoms with Crippen LogP contribution >= 0.6 is 24.0 Å². The molecule has 0 bridgehead atoms. The Kier molecular flexibility index (Phi) is 10.2. The molecule has 0 aliphatic carbocycles. The SMILES string of the molecule is CCc1ccccc1CNC(=NC)NCc1ccc(F)c(COC)c1.I. The van der Waals surface area contributed by atoms with Gasteiger partial charge in [0.25, 0.3) is 0 Å². The van der Waals surface area contributed by atoms with Gasteiger partial charge in [0.1, 0.15) is 5.82 Å². The van der Waals surface area contributed by atoms with Gasteiger partial charge in [-0.15, -0.1) is 24.0 Å². The highest BCUT2D eigenvalue weighted by atomic mass is 127. The Bertz CT molecular complexity index is 722. The average Bonchev–Trinajstić information content (AvgIpc) is 2.64. The van der Waals surface area contributed by atoms with E-state index in [1.54, 1.807) is 20.2 Å². The summed E-state index contributed by atoms with van der Waals surface area (Å²) >= 11 is 0. The molecule has 142 valence electrons. The van der Waals surface area contributed by atoms with Crippen LogP contribution in [0.15, 0.2) is 47.5 Å². The first-order chi connectivity index (χ1) is 12.2. The number of hydrogen-bond acceptors (Lipinski definition) is 2. The van der Waals surface area contributed by atoms with Crippen LogP contribution in [0.5, 0.6) is 0 Å². The number of aryl methyl sites for hydroxylation is 1. The monoisotopic (exact) mass is 471 g/mol. The molecule has 0 radical (unpaired) electrons. The number of methoxy groups -OCH3 is 1. The molecule has 2 N–H and O–H groups in total. The Morgan fingerprint density at radius 2 is 1.73 bits per heavy atom. The van der Waals surface area contributed by atoms with Gasteiger partial charge in [-0.1, -0.05) is 37.3 Å². The zero-order valence-electron chi connectivity index (χ0n) is 15.5. The third-order valence-electron chi connectivity index (χ3n) is 4.04. The Morgan fingerprint density at radius 1 is 1.04 bits per heavy atom. The lowest BCUT2D eigenvalue weighted by Crippen LogP contribution is -2.36. The molecule has 0 unspecified atom stereocenters. The minimum atomic E-state index is -0.246. The summed E-state index contributed by atoms with van der Waals surface area (Å²) < 4.78 is 18.7. The maximum atomic E-state index is 13.7. The van der Waals surface area contributed by atoms with Crippen molar-refractivity contribution in [3.05, 3.63) is 70.5 Å². The van der Waals surface area contributed by atoms with Crippen molar-refractivity contribution in [1.29, 1.82) is 0 Å². The van der Waals surface area contributed by atoms with Gasteiger partial charge in [0.2, 0.25) is 0 Å². The highest BCUT2D eigenvalue weighted by molar-refractivity contribution is 14.0. The number of halogens is 2. The van der Waals surface area contributed by atoms with Crippen molar-refractivity contribution in [2.24, 2.45) is 4.99 Å². The van der Waals surface area contributed by atoms with Gasteiger partial charge < -0.3 is 15.4 Å². The van der Waals surface area contributed by atoms with Crippen LogP contribution in [-0.4, -0.2) is 20.1 Å². The van der Waals surface area contributed by atoms with Gasteiger partial charge in [-0.05, 0) is 35.2 Å². The molecule has 2 aromatic rings. The van der Waals surface area contributed by atoms with Gasteiger partial charge in [-0.3, -0.25) is 4.99 Å². The van der Waals surface area contributed by atoms with Crippen LogP contribution in [0.4, 0.5) is 4.39 Å². The lowest BCUT2D eigenvalue weighted by Gasteiger charge is -2.14. The number of rotatable bonds is 7. The van der Waals surface area contributed by atoms with E-state index >= 15 is 0 Å². The van der Waals surface area contributed by atoms with Gasteiger partial charge in [0.15, 0.2) is 5.96 Å². The molecule has 0 aliphatic heterocycles. The van der Waals surface area contributed by atoms with Crippen molar-refractivity contribution in [1.82, 2.24) is 10.6 Å². The molecular weight excluding hydrogens is 444 g/mol. The highest BCUT2D eigenvalue weighted by Gasteiger charge is 2.05. The molecular formula is C20H27FIN3O. The van der Waals surface area contributed by atoms with E-state index in [2.05, 4.69) is 40.7 Å². The minimum Gasteiger partial charge on any atom is -0.380 e. The Balaban J connectivity index is 0.00000338. The van der Waals surface area contributed by atoms with Crippen molar-refractivity contribution in [3.63, 3.8) is 0 Å². The number of aliphatic imine (C=N–C) groups is 1. The van der Waals surface area contributed by atoms with Crippen molar-refractivity contribution < 1.29 is 9.13 Å². The number of ether oxygens (including phenoxy) is 1. The molecule has 0 aromatic heterocycles. The molecule has 0 atom stereocenters. The summed E-state index contributed by atoms with van der Waals surface area (Å²) in [6, 6.07) is 13.4. The number of nitrogens with zero attached hydrogens (tertiary/aromatic N) is 1. The molecule has 2 rings (SSSR count). The van der Waals surface area contributed by atoms with Crippen LogP contribution in [0.3, 0.4) is 0 Å². The zero-order chi connectivity index (χ0) is 18.1. The minimum absolute atomic E-state index is 0. The summed E-state index contributed by atoms with van der Waals surface area (Å²) in [5.74, 6) is 0.466. The molecule has 0 spiro atoms. The molecule has 2 aromatic carbocycles. The molecule has 4 nitrogen and oxygen atoms in total. The van der Waals surface area contributed by atoms with Gasteiger partial charge in [-0.2, -0.15) is 0 Å². The van der Waals surface area contributed by atoms with Crippen LogP contribution in [0, 0.1) is 5.82 Å². The normalized spacial score (nSPS) is 11.0. The Labute approximate surface area is 172 Å². The predicted molar refractivity (Wildman–Crippen MR) is 115 cm³/mol. The predicted octanol–water partition coefficient (Wildman–Crippen LogP) is 4.02. The van der Waals surface area contributed by atoms with Gasteiger partial charge in [0, 0.05) is 32.8 Å². The van der Waals surface area contributed by atoms with Crippen LogP contribution in [0.2, 0.25) is 0 Å². The summed E-state index contributed by atoms with van der Waals surface area (Å²) in [5.41, 5.74) is 4.12. The van der Waals surface area contributed by atoms with E-state index in [9.17, 15) is 4.39 Å². The molecule has 0 saturated carbocycles. The largest absolute Gasteiger partial charge is 0.380 e. The smallest absolute Gasteiger partial charge is 0.191 e. The summed E-state index contributed by atoms with van der Waals surface area (Å²) in [5, 5.41) is 6.58. The topological polar surface area (TPSA) is 45.7 Å². The maximum Gasteiger partial charge on any atom is 0.191 e. The first-order valence-corrected chi connectivity index (χ1v) is 8.45. The molecule has 0 aliphatic rings. The Hall–Kier alpha value is -1.67. The average molecular weight is 471 g/mol. The molecule has 0 saturated heterocycles. The van der Waals surface area contributed by atoms with Gasteiger partial charge >= 0.3 is 0 Å². The van der Waals surface area contributed by atoms with E-state index < -0.39 is 0 Å². The highest BCUT2D eigenvalue weighted by Crippen LogP contribution is 2.12. The molecule has 0 heterocycles. The summed E-state index contributed by atoms with van der Waals surface area (Å²) in [6.45, 7) is 3.69. The number of benzene rings is 2. The molecule has 0 fully saturated rings. The zero-order valence-corrected chi connectivity index (χ0v) is 17.8. The van der Waals surface area contributed by atoms with Crippen LogP contribution in [0.1, 0.15) is 29.2 Å². The van der Waals surface area contributed by atoms with Crippen molar-refractivity contribution in [3.8, 4) is 0 Å². The fourth-order valence-corrected chi connectivity index (χ4v) is 2.66. The third-order valence-corrected chi connectivity index (χ3v) is 4.04. The first-order valence-electron chi connectivity index (χ1n) is 8.45. The van der Waals surface area contributed by atoms with E-state index in [0.29, 0.717) is 24.6 Å². The summed E-state index contributed by atoms with van der Waals surface area (Å²) in [4.78, 5) is 4.25. The number of hydrogen-bond donors (Lipinski definition) is 2. The standard InChI is InChI=1S/C20H26FN3O.HI/c1-4-16-7-5-6-8-17(16)13-24-20(22-2)23-12-15-9-10-19(21)18(11-15)14-25-3;/h5-11H,4,12-14H2,1-3H3,(H2,22,23,24);1H. The van der Waals surface area contributed by atoms with Crippen LogP contribution < -0.4 is 10.6 Å². The van der Waals surface area contributed by atoms with Gasteiger partial charge in [0.05, 0.1) is 6.61 Å². The van der Waals surface area contributed by atoms with E-state index in [1.165, 1.54) is 17.2 Å². The van der Waals surface area contributed by atoms with Crippen molar-refractivity contribution >= 4 is 29.9 Å². The van der Waals surface area contributed by atoms with Crippen molar-refractivity contribution in [2.75, 3.05) is 14.2 Å². The van der Waals surface area contributed by atoms with E-state index in [0.717, 1.165) is 12.0 Å². The van der Waals surface area contributed by atoms with Crippen molar-refractivity contribution in [2.45, 2.75) is 33.0 Å². The van der Waals surface area contributed by atoms with E-state index in [4.69, 9.17) is 4.74 Å². The lowest BCUT2D eigenvalue weighted by atomic mass is 10.1. The third kappa shape index (κ3) is 6.57. The first kappa shape index (κ1) is 22.4. The quantitative estimate of drug-likeness (QED) is 0.365. The summed E-state index contributed by atoms with van der Waals surface area (Å²) in [7, 11) is 3.30. The van der Waals surface area contributed by atoms with E-state index in [-0.39, 0.29) is 36.4 Å². The lowest BCUT2D eigenvalue weighted by molar-refractivity contribution is 0.181. The number of nitrogens with one attached hydrogen (secondary N) is 2. The van der Waals surface area contributed by atoms with E-state index in [1.807, 2.05) is 12.1 Å². The van der Waals surface area contributed by atoms with Crippen LogP contribution in [-0.2, 0) is 30.9 Å². The molecule has 0 amide bonds. The molecule has 6 heteroatoms. The second kappa shape index (κ2) is 11.9. The summed E-state index contributed by atoms with van der Waals surface area (Å²) in [6.07, 6.45) is 1.00. The second-order valence-electron chi connectivity index (χ2n) is 5.76. The maximum absolute atomic E-state index is 13.7. The second-order valence-corrected chi connectivity index (χ2v) is 5.76. The number of guanidine groups is 1. The Morgan fingerprint density at radius 3 is 2.38 bits per heavy atom. The fraction of sp³-hybridized carbons (Fsp3) is 0.350. The fourth-order valence-electron chi connectivity index (χ4n) is 2.66. The van der Waals surface area contributed by atoms with Gasteiger partial charge in [-0.25, -0.2) is 4.39 Å².